The lowest BCUT2D eigenvalue weighted by atomic mass is 10.1. The van der Waals surface area contributed by atoms with Crippen molar-refractivity contribution in [2.75, 3.05) is 0 Å². The van der Waals surface area contributed by atoms with Gasteiger partial charge in [-0.1, -0.05) is 41.9 Å². The van der Waals surface area contributed by atoms with Crippen molar-refractivity contribution in [3.05, 3.63) is 87.3 Å². The second-order valence-corrected chi connectivity index (χ2v) is 6.19. The summed E-state index contributed by atoms with van der Waals surface area (Å²) in [6, 6.07) is 12.9. The van der Waals surface area contributed by atoms with Crippen LogP contribution in [0, 0.1) is 11.6 Å². The Morgan fingerprint density at radius 1 is 1.16 bits per heavy atom. The van der Waals surface area contributed by atoms with Crippen molar-refractivity contribution >= 4 is 11.6 Å². The fourth-order valence-corrected chi connectivity index (χ4v) is 2.88. The van der Waals surface area contributed by atoms with Crippen LogP contribution in [0.3, 0.4) is 0 Å². The lowest BCUT2D eigenvalue weighted by Gasteiger charge is -2.14. The second-order valence-electron chi connectivity index (χ2n) is 5.78. The third-order valence-electron chi connectivity index (χ3n) is 3.95. The molecule has 1 atom stereocenters. The molecule has 0 N–H and O–H groups in total. The van der Waals surface area contributed by atoms with Crippen LogP contribution in [0.1, 0.15) is 18.5 Å². The maximum Gasteiger partial charge on any atom is 0.267 e. The molecule has 128 valence electrons. The topological polar surface area (TPSA) is 34.9 Å². The Labute approximate surface area is 148 Å². The summed E-state index contributed by atoms with van der Waals surface area (Å²) >= 11 is 5.70. The second kappa shape index (κ2) is 7.15. The van der Waals surface area contributed by atoms with E-state index in [4.69, 9.17) is 11.6 Å². The summed E-state index contributed by atoms with van der Waals surface area (Å²) in [5.74, 6) is -1.70. The normalized spacial score (nSPS) is 12.2. The molecule has 0 saturated heterocycles. The van der Waals surface area contributed by atoms with Gasteiger partial charge in [-0.15, -0.1) is 0 Å². The first kappa shape index (κ1) is 17.3. The molecule has 2 aromatic carbocycles. The van der Waals surface area contributed by atoms with Crippen molar-refractivity contribution in [2.45, 2.75) is 19.4 Å². The number of nitrogens with zero attached hydrogens (tertiary/aromatic N) is 2. The van der Waals surface area contributed by atoms with Gasteiger partial charge in [0.15, 0.2) is 5.82 Å². The average molecular weight is 361 g/mol. The van der Waals surface area contributed by atoms with Crippen LogP contribution in [-0.4, -0.2) is 9.78 Å². The van der Waals surface area contributed by atoms with Gasteiger partial charge < -0.3 is 0 Å². The standard InChI is InChI=1S/C19H15ClF2N2O/c1-12(9-13-5-3-2-4-6-13)24-17(25)10-14(11-23-24)18-16(21)8-7-15(20)19(18)22/h2-8,10-12H,9H2,1H3. The summed E-state index contributed by atoms with van der Waals surface area (Å²) in [7, 11) is 0. The molecule has 1 heterocycles. The molecule has 0 aliphatic carbocycles. The van der Waals surface area contributed by atoms with Crippen LogP contribution >= 0.6 is 11.6 Å². The SMILES string of the molecule is CC(Cc1ccccc1)n1ncc(-c2c(F)ccc(Cl)c2F)cc1=O. The molecule has 1 unspecified atom stereocenters. The van der Waals surface area contributed by atoms with Crippen molar-refractivity contribution in [1.29, 1.82) is 0 Å². The first-order valence-electron chi connectivity index (χ1n) is 7.74. The van der Waals surface area contributed by atoms with E-state index in [1.54, 1.807) is 0 Å². The summed E-state index contributed by atoms with van der Waals surface area (Å²) in [5.41, 5.74) is 0.352. The Morgan fingerprint density at radius 2 is 1.88 bits per heavy atom. The lowest BCUT2D eigenvalue weighted by Crippen LogP contribution is -2.26. The van der Waals surface area contributed by atoms with Crippen LogP contribution in [0.5, 0.6) is 0 Å². The zero-order valence-corrected chi connectivity index (χ0v) is 14.2. The molecule has 0 aliphatic rings. The van der Waals surface area contributed by atoms with Gasteiger partial charge in [0.2, 0.25) is 0 Å². The molecule has 0 amide bonds. The molecular weight excluding hydrogens is 346 g/mol. The molecular formula is C19H15ClF2N2O. The summed E-state index contributed by atoms with van der Waals surface area (Å²) in [6.07, 6.45) is 1.90. The Morgan fingerprint density at radius 3 is 2.56 bits per heavy atom. The number of hydrogen-bond donors (Lipinski definition) is 0. The Hall–Kier alpha value is -2.53. The number of halogens is 3. The van der Waals surface area contributed by atoms with Crippen molar-refractivity contribution < 1.29 is 8.78 Å². The van der Waals surface area contributed by atoms with Gasteiger partial charge in [-0.2, -0.15) is 5.10 Å². The van der Waals surface area contributed by atoms with E-state index in [2.05, 4.69) is 5.10 Å². The van der Waals surface area contributed by atoms with E-state index in [9.17, 15) is 13.6 Å². The molecule has 0 saturated carbocycles. The number of hydrogen-bond acceptors (Lipinski definition) is 2. The van der Waals surface area contributed by atoms with Gasteiger partial charge in [0, 0.05) is 11.6 Å². The zero-order chi connectivity index (χ0) is 18.0. The lowest BCUT2D eigenvalue weighted by molar-refractivity contribution is 0.464. The highest BCUT2D eigenvalue weighted by Gasteiger charge is 2.17. The maximum atomic E-state index is 14.1. The molecule has 3 rings (SSSR count). The molecule has 3 nitrogen and oxygen atoms in total. The van der Waals surface area contributed by atoms with E-state index in [0.717, 1.165) is 17.7 Å². The summed E-state index contributed by atoms with van der Waals surface area (Å²) in [4.78, 5) is 12.4. The van der Waals surface area contributed by atoms with Gasteiger partial charge in [-0.25, -0.2) is 13.5 Å². The Kier molecular flexibility index (Phi) is 4.95. The highest BCUT2D eigenvalue weighted by atomic mass is 35.5. The molecule has 0 fully saturated rings. The number of benzene rings is 2. The van der Waals surface area contributed by atoms with Crippen LogP contribution in [0.15, 0.2) is 59.5 Å². The highest BCUT2D eigenvalue weighted by Crippen LogP contribution is 2.29. The average Bonchev–Trinajstić information content (AvgIpc) is 2.59. The van der Waals surface area contributed by atoms with E-state index in [0.29, 0.717) is 6.42 Å². The third-order valence-corrected chi connectivity index (χ3v) is 4.24. The van der Waals surface area contributed by atoms with Gasteiger partial charge in [-0.3, -0.25) is 4.79 Å². The first-order chi connectivity index (χ1) is 12.0. The largest absolute Gasteiger partial charge is 0.268 e. The maximum absolute atomic E-state index is 14.1. The van der Waals surface area contributed by atoms with Crippen molar-refractivity contribution in [3.63, 3.8) is 0 Å². The van der Waals surface area contributed by atoms with Crippen LogP contribution in [0.4, 0.5) is 8.78 Å². The predicted octanol–water partition coefficient (Wildman–Crippen LogP) is 4.65. The van der Waals surface area contributed by atoms with E-state index in [-0.39, 0.29) is 22.2 Å². The van der Waals surface area contributed by atoms with Crippen LogP contribution in [0.2, 0.25) is 5.02 Å². The van der Waals surface area contributed by atoms with Gasteiger partial charge in [0.1, 0.15) is 5.82 Å². The van der Waals surface area contributed by atoms with E-state index < -0.39 is 17.2 Å². The number of aromatic nitrogens is 2. The minimum Gasteiger partial charge on any atom is -0.268 e. The summed E-state index contributed by atoms with van der Waals surface area (Å²) in [6.45, 7) is 1.86. The minimum absolute atomic E-state index is 0.0608. The molecule has 6 heteroatoms. The van der Waals surface area contributed by atoms with Gasteiger partial charge >= 0.3 is 0 Å². The monoisotopic (exact) mass is 360 g/mol. The van der Waals surface area contributed by atoms with Crippen LogP contribution in [0.25, 0.3) is 11.1 Å². The summed E-state index contributed by atoms with van der Waals surface area (Å²) in [5, 5.41) is 3.88. The van der Waals surface area contributed by atoms with E-state index in [1.165, 1.54) is 16.9 Å². The highest BCUT2D eigenvalue weighted by molar-refractivity contribution is 6.31. The van der Waals surface area contributed by atoms with Crippen LogP contribution in [-0.2, 0) is 6.42 Å². The molecule has 0 spiro atoms. The van der Waals surface area contributed by atoms with Crippen molar-refractivity contribution in [2.24, 2.45) is 0 Å². The molecule has 25 heavy (non-hydrogen) atoms. The molecule has 0 radical (unpaired) electrons. The Bertz CT molecular complexity index is 957. The molecule has 1 aromatic heterocycles. The minimum atomic E-state index is -0.905. The smallest absolute Gasteiger partial charge is 0.267 e. The fourth-order valence-electron chi connectivity index (χ4n) is 2.72. The van der Waals surface area contributed by atoms with E-state index >= 15 is 0 Å². The molecule has 0 bridgehead atoms. The fraction of sp³-hybridized carbons (Fsp3) is 0.158. The third kappa shape index (κ3) is 3.61. The first-order valence-corrected chi connectivity index (χ1v) is 8.12. The van der Waals surface area contributed by atoms with Gasteiger partial charge in [-0.05, 0) is 31.0 Å². The Balaban J connectivity index is 1.94. The molecule has 3 aromatic rings. The van der Waals surface area contributed by atoms with Crippen molar-refractivity contribution in [1.82, 2.24) is 9.78 Å². The van der Waals surface area contributed by atoms with Gasteiger partial charge in [0.25, 0.3) is 5.56 Å². The molecule has 0 aliphatic heterocycles. The van der Waals surface area contributed by atoms with Crippen molar-refractivity contribution in [3.8, 4) is 11.1 Å². The van der Waals surface area contributed by atoms with Gasteiger partial charge in [0.05, 0.1) is 22.8 Å². The number of rotatable bonds is 4. The predicted molar refractivity (Wildman–Crippen MR) is 93.7 cm³/mol. The van der Waals surface area contributed by atoms with Crippen LogP contribution < -0.4 is 5.56 Å². The quantitative estimate of drug-likeness (QED) is 0.635. The summed E-state index contributed by atoms with van der Waals surface area (Å²) < 4.78 is 29.4. The zero-order valence-electron chi connectivity index (χ0n) is 13.4. The van der Waals surface area contributed by atoms with E-state index in [1.807, 2.05) is 37.3 Å².